The van der Waals surface area contributed by atoms with E-state index >= 15 is 0 Å². The number of halogens is 1. The summed E-state index contributed by atoms with van der Waals surface area (Å²) >= 11 is 5.33. The number of hydrogen-bond acceptors (Lipinski definition) is 2. The first-order chi connectivity index (χ1) is 10.7. The van der Waals surface area contributed by atoms with Crippen molar-refractivity contribution in [3.63, 3.8) is 0 Å². The van der Waals surface area contributed by atoms with Crippen LogP contribution in [0.2, 0.25) is 0 Å². The molecule has 0 saturated heterocycles. The van der Waals surface area contributed by atoms with Crippen LogP contribution in [0.15, 0.2) is 64.7 Å². The van der Waals surface area contributed by atoms with Crippen LogP contribution >= 0.6 is 27.3 Å². The molecule has 110 valence electrons. The van der Waals surface area contributed by atoms with Crippen molar-refractivity contribution in [3.05, 3.63) is 75.6 Å². The zero-order valence-corrected chi connectivity index (χ0v) is 14.6. The third-order valence-electron chi connectivity index (χ3n) is 3.58. The van der Waals surface area contributed by atoms with E-state index < -0.39 is 0 Å². The largest absolute Gasteiger partial charge is 0.247 e. The number of fused-ring (bicyclic) bond motifs is 1. The van der Waals surface area contributed by atoms with Gasteiger partial charge in [0.05, 0.1) is 11.1 Å². The second kappa shape index (κ2) is 6.59. The lowest BCUT2D eigenvalue weighted by atomic mass is 10.1. The first-order valence-electron chi connectivity index (χ1n) is 7.16. The van der Waals surface area contributed by atoms with Crippen molar-refractivity contribution in [1.82, 2.24) is 0 Å². The van der Waals surface area contributed by atoms with Gasteiger partial charge in [0, 0.05) is 25.0 Å². The minimum Gasteiger partial charge on any atom is -0.247 e. The van der Waals surface area contributed by atoms with Crippen LogP contribution in [0.25, 0.3) is 22.2 Å². The second-order valence-electron chi connectivity index (χ2n) is 4.96. The van der Waals surface area contributed by atoms with Gasteiger partial charge in [-0.2, -0.15) is 0 Å². The molecule has 1 aliphatic carbocycles. The van der Waals surface area contributed by atoms with Gasteiger partial charge in [-0.3, -0.25) is 0 Å². The number of benzene rings is 1. The Hall–Kier alpha value is -1.71. The quantitative estimate of drug-likeness (QED) is 0.624. The standard InChI is InChI=1S/C19H16BrNS/c1-3-13-17(4-2)22-18-12-8-5-9-14(18)19(13)21-16-11-7-6-10-15(16)20/h3-5,8-12H,1-2,6-7H2. The molecule has 0 aliphatic heterocycles. The molecule has 0 amide bonds. The van der Waals surface area contributed by atoms with E-state index in [0.717, 1.165) is 44.2 Å². The van der Waals surface area contributed by atoms with Crippen LogP contribution in [-0.2, 0) is 0 Å². The second-order valence-corrected chi connectivity index (χ2v) is 6.90. The summed E-state index contributed by atoms with van der Waals surface area (Å²) in [4.78, 5) is 6.04. The molecule has 22 heavy (non-hydrogen) atoms. The van der Waals surface area contributed by atoms with Gasteiger partial charge in [-0.1, -0.05) is 55.7 Å². The molecule has 0 radical (unpaired) electrons. The Morgan fingerprint density at radius 1 is 1.09 bits per heavy atom. The summed E-state index contributed by atoms with van der Waals surface area (Å²) < 4.78 is 2.27. The average molecular weight is 370 g/mol. The predicted molar refractivity (Wildman–Crippen MR) is 102 cm³/mol. The van der Waals surface area contributed by atoms with Gasteiger partial charge in [0.1, 0.15) is 0 Å². The summed E-state index contributed by atoms with van der Waals surface area (Å²) in [6.45, 7) is 7.91. The van der Waals surface area contributed by atoms with E-state index in [1.165, 1.54) is 4.70 Å². The van der Waals surface area contributed by atoms with Crippen molar-refractivity contribution in [3.8, 4) is 0 Å². The summed E-state index contributed by atoms with van der Waals surface area (Å²) in [5.41, 5.74) is 2.04. The first-order valence-corrected chi connectivity index (χ1v) is 8.77. The molecule has 0 fully saturated rings. The fraction of sp³-hybridized carbons (Fsp3) is 0.105. The molecule has 3 heteroatoms. The maximum absolute atomic E-state index is 4.94. The third kappa shape index (κ3) is 2.79. The van der Waals surface area contributed by atoms with Crippen molar-refractivity contribution in [2.24, 2.45) is 4.99 Å². The van der Waals surface area contributed by atoms with Crippen molar-refractivity contribution in [2.75, 3.05) is 0 Å². The fourth-order valence-electron chi connectivity index (χ4n) is 2.51. The Morgan fingerprint density at radius 3 is 2.59 bits per heavy atom. The molecule has 0 saturated carbocycles. The van der Waals surface area contributed by atoms with Gasteiger partial charge < -0.3 is 0 Å². The van der Waals surface area contributed by atoms with Gasteiger partial charge in [0.15, 0.2) is 0 Å². The third-order valence-corrected chi connectivity index (χ3v) is 5.49. The molecule has 0 atom stereocenters. The summed E-state index contributed by atoms with van der Waals surface area (Å²) in [7, 11) is 0. The lowest BCUT2D eigenvalue weighted by Gasteiger charge is -2.09. The highest BCUT2D eigenvalue weighted by molar-refractivity contribution is 9.12. The highest BCUT2D eigenvalue weighted by Gasteiger charge is 2.09. The van der Waals surface area contributed by atoms with Crippen molar-refractivity contribution in [2.45, 2.75) is 12.8 Å². The van der Waals surface area contributed by atoms with Crippen LogP contribution in [0.3, 0.4) is 0 Å². The van der Waals surface area contributed by atoms with E-state index in [0.29, 0.717) is 0 Å². The van der Waals surface area contributed by atoms with E-state index in [1.807, 2.05) is 12.2 Å². The van der Waals surface area contributed by atoms with E-state index in [4.69, 9.17) is 4.99 Å². The molecule has 1 aliphatic rings. The van der Waals surface area contributed by atoms with Crippen LogP contribution in [0.4, 0.5) is 0 Å². The Labute approximate surface area is 142 Å². The molecule has 0 N–H and O–H groups in total. The normalized spacial score (nSPS) is 15.4. The maximum Gasteiger partial charge on any atom is 0.0810 e. The van der Waals surface area contributed by atoms with E-state index in [-0.39, 0.29) is 0 Å². The summed E-state index contributed by atoms with van der Waals surface area (Å²) in [6, 6.07) is 8.35. The van der Waals surface area contributed by atoms with Crippen molar-refractivity contribution in [1.29, 1.82) is 0 Å². The molecule has 3 rings (SSSR count). The molecular weight excluding hydrogens is 354 g/mol. The lowest BCUT2D eigenvalue weighted by molar-refractivity contribution is 1.000. The highest BCUT2D eigenvalue weighted by Crippen LogP contribution is 2.27. The highest BCUT2D eigenvalue weighted by atomic mass is 79.9. The van der Waals surface area contributed by atoms with Crippen LogP contribution in [0.1, 0.15) is 23.3 Å². The van der Waals surface area contributed by atoms with Crippen molar-refractivity contribution < 1.29 is 0 Å². The van der Waals surface area contributed by atoms with Gasteiger partial charge in [-0.05, 0) is 34.8 Å². The molecule has 1 aromatic heterocycles. The number of rotatable bonds is 3. The SMILES string of the molecule is C=Cc1sc2ccccc2c(=NC2=CCCC=C2Br)c1C=C. The number of nitrogens with zero attached hydrogens (tertiary/aromatic N) is 1. The van der Waals surface area contributed by atoms with Crippen LogP contribution in [0.5, 0.6) is 0 Å². The molecule has 1 nitrogen and oxygen atoms in total. The average Bonchev–Trinajstić information content (AvgIpc) is 2.56. The van der Waals surface area contributed by atoms with Gasteiger partial charge in [-0.15, -0.1) is 11.3 Å². The first kappa shape index (κ1) is 15.2. The summed E-state index contributed by atoms with van der Waals surface area (Å²) in [5.74, 6) is 0. The minimum absolute atomic E-state index is 0.970. The Balaban J connectivity index is 2.40. The van der Waals surface area contributed by atoms with Gasteiger partial charge in [0.25, 0.3) is 0 Å². The topological polar surface area (TPSA) is 12.4 Å². The number of hydrogen-bond donors (Lipinski definition) is 0. The monoisotopic (exact) mass is 369 g/mol. The lowest BCUT2D eigenvalue weighted by Crippen LogP contribution is -2.10. The molecule has 1 aromatic carbocycles. The zero-order valence-electron chi connectivity index (χ0n) is 12.2. The number of allylic oxidation sites excluding steroid dienone is 3. The Kier molecular flexibility index (Phi) is 4.55. The van der Waals surface area contributed by atoms with Gasteiger partial charge in [0.2, 0.25) is 0 Å². The smallest absolute Gasteiger partial charge is 0.0810 e. The summed E-state index contributed by atoms with van der Waals surface area (Å²) in [6.07, 6.45) is 10.2. The molecular formula is C19H16BrNS. The van der Waals surface area contributed by atoms with Crippen LogP contribution in [-0.4, -0.2) is 0 Å². The molecule has 0 spiro atoms. The predicted octanol–water partition coefficient (Wildman–Crippen LogP) is 6.04. The zero-order chi connectivity index (χ0) is 15.5. The van der Waals surface area contributed by atoms with Crippen LogP contribution < -0.4 is 5.36 Å². The molecule has 2 aromatic rings. The minimum atomic E-state index is 0.970. The fourth-order valence-corrected chi connectivity index (χ4v) is 4.02. The van der Waals surface area contributed by atoms with E-state index in [1.54, 1.807) is 11.3 Å². The van der Waals surface area contributed by atoms with Crippen molar-refractivity contribution >= 4 is 49.5 Å². The van der Waals surface area contributed by atoms with E-state index in [2.05, 4.69) is 65.5 Å². The summed E-state index contributed by atoms with van der Waals surface area (Å²) in [5, 5.41) is 2.12. The molecule has 0 bridgehead atoms. The Bertz CT molecular complexity index is 884. The molecule has 1 heterocycles. The maximum atomic E-state index is 4.94. The van der Waals surface area contributed by atoms with Gasteiger partial charge in [-0.25, -0.2) is 4.99 Å². The van der Waals surface area contributed by atoms with E-state index in [9.17, 15) is 0 Å². The van der Waals surface area contributed by atoms with Crippen LogP contribution in [0, 0.1) is 0 Å². The van der Waals surface area contributed by atoms with Gasteiger partial charge >= 0.3 is 0 Å². The molecule has 0 unspecified atom stereocenters. The Morgan fingerprint density at radius 2 is 1.86 bits per heavy atom.